The number of aromatic nitrogens is 3. The van der Waals surface area contributed by atoms with Gasteiger partial charge >= 0.3 is 126 Å². The van der Waals surface area contributed by atoms with E-state index in [2.05, 4.69) is 221 Å². The minimum absolute atomic E-state index is 0. The maximum atomic E-state index is 6.15. The van der Waals surface area contributed by atoms with E-state index in [0.29, 0.717) is 5.92 Å². The molecule has 0 saturated heterocycles. The summed E-state index contributed by atoms with van der Waals surface area (Å²) in [4.78, 5) is 10.0. The van der Waals surface area contributed by atoms with Crippen LogP contribution in [0.25, 0.3) is 92.8 Å². The first kappa shape index (κ1) is 49.1. The molecule has 11 rings (SSSR count). The molecule has 4 heterocycles. The summed E-state index contributed by atoms with van der Waals surface area (Å²) in [6, 6.07) is 59.5. The Balaban J connectivity index is 0.000000244. The molecule has 70 heavy (non-hydrogen) atoms. The molecule has 0 aliphatic heterocycles. The fraction of sp³-hybridized carbons (Fsp3) is 0.206. The third-order valence-corrected chi connectivity index (χ3v) is 18.6. The van der Waals surface area contributed by atoms with Crippen LogP contribution >= 0.6 is 11.3 Å². The molecule has 353 valence electrons. The second-order valence-corrected chi connectivity index (χ2v) is 32.0. The van der Waals surface area contributed by atoms with Gasteiger partial charge in [-0.15, -0.1) is 11.3 Å². The molecule has 0 bridgehead atoms. The SMILES string of the molecule is CC(C)Cc1cc(-c2[c-]cccc2)nc[c]1[Ge]([CH3])([CH3])[CH3].CC(C)c1cc(-c2ccccc2)cc(C(C)C)c1-n1c(-c2[c-]oc3ccc(-c4ccc5sc6ccccc6c5c4)cc23)nc2ccccc21.[Ir]. The molecule has 0 N–H and O–H groups in total. The first-order valence-electron chi connectivity index (χ1n) is 24.4. The summed E-state index contributed by atoms with van der Waals surface area (Å²) in [5.74, 6) is 9.40. The maximum absolute atomic E-state index is 6.15. The largest absolute Gasteiger partial charge is 0.557 e. The van der Waals surface area contributed by atoms with Crippen molar-refractivity contribution in [3.63, 3.8) is 0 Å². The van der Waals surface area contributed by atoms with Crippen LogP contribution < -0.4 is 4.40 Å². The molecular weight excluding hydrogens is 1110 g/mol. The molecular formula is C63H59GeIrN3OS-2. The minimum Gasteiger partial charge on any atom is -0.557 e. The Morgan fingerprint density at radius 3 is 1.99 bits per heavy atom. The predicted octanol–water partition coefficient (Wildman–Crippen LogP) is 17.5. The number of imidazole rings is 1. The van der Waals surface area contributed by atoms with Gasteiger partial charge in [0.25, 0.3) is 0 Å². The van der Waals surface area contributed by atoms with Gasteiger partial charge in [0.05, 0.1) is 16.9 Å². The van der Waals surface area contributed by atoms with Crippen LogP contribution in [-0.2, 0) is 26.5 Å². The summed E-state index contributed by atoms with van der Waals surface area (Å²) in [7, 11) is 0. The van der Waals surface area contributed by atoms with Crippen molar-refractivity contribution in [2.75, 3.05) is 0 Å². The molecule has 11 aromatic rings. The Bertz CT molecular complexity index is 3590. The van der Waals surface area contributed by atoms with E-state index < -0.39 is 13.3 Å². The monoisotopic (exact) mass is 1170 g/mol. The van der Waals surface area contributed by atoms with E-state index in [0.717, 1.165) is 56.6 Å². The van der Waals surface area contributed by atoms with Gasteiger partial charge in [-0.2, -0.15) is 0 Å². The van der Waals surface area contributed by atoms with Gasteiger partial charge in [0, 0.05) is 57.8 Å². The minimum atomic E-state index is -1.86. The third kappa shape index (κ3) is 9.77. The van der Waals surface area contributed by atoms with Crippen LogP contribution in [0.4, 0.5) is 0 Å². The van der Waals surface area contributed by atoms with Crippen molar-refractivity contribution in [1.82, 2.24) is 14.5 Å². The Labute approximate surface area is 433 Å². The van der Waals surface area contributed by atoms with Crippen LogP contribution in [-0.4, -0.2) is 27.8 Å². The topological polar surface area (TPSA) is 43.9 Å². The predicted molar refractivity (Wildman–Crippen MR) is 297 cm³/mol. The molecule has 7 heteroatoms. The van der Waals surface area contributed by atoms with Crippen LogP contribution in [0.3, 0.4) is 0 Å². The molecule has 0 aliphatic carbocycles. The summed E-state index contributed by atoms with van der Waals surface area (Å²) in [6.07, 6.45) is 6.58. The fourth-order valence-corrected chi connectivity index (χ4v) is 14.2. The third-order valence-electron chi connectivity index (χ3n) is 13.2. The average molecular weight is 1170 g/mol. The van der Waals surface area contributed by atoms with Gasteiger partial charge in [0.1, 0.15) is 0 Å². The molecule has 0 spiro atoms. The first-order valence-corrected chi connectivity index (χ1v) is 32.5. The number of fused-ring (bicyclic) bond motifs is 5. The van der Waals surface area contributed by atoms with Crippen molar-refractivity contribution >= 4 is 71.2 Å². The van der Waals surface area contributed by atoms with Crippen molar-refractivity contribution in [3.05, 3.63) is 193 Å². The molecule has 4 nitrogen and oxygen atoms in total. The zero-order chi connectivity index (χ0) is 48.0. The number of nitrogens with zero attached hydrogens (tertiary/aromatic N) is 3. The number of hydrogen-bond acceptors (Lipinski definition) is 4. The molecule has 0 amide bonds. The molecule has 0 atom stereocenters. The van der Waals surface area contributed by atoms with Gasteiger partial charge in [-0.05, 0) is 87.7 Å². The number of benzene rings is 7. The summed E-state index contributed by atoms with van der Waals surface area (Å²) in [5, 5.41) is 3.60. The zero-order valence-electron chi connectivity index (χ0n) is 41.5. The van der Waals surface area contributed by atoms with Crippen LogP contribution in [0.2, 0.25) is 17.3 Å². The van der Waals surface area contributed by atoms with E-state index in [4.69, 9.17) is 14.4 Å². The molecule has 7 aromatic carbocycles. The summed E-state index contributed by atoms with van der Waals surface area (Å²) >= 11 is -0.0128. The van der Waals surface area contributed by atoms with Crippen LogP contribution in [0.5, 0.6) is 0 Å². The molecule has 1 radical (unpaired) electrons. The molecule has 0 aliphatic rings. The summed E-state index contributed by atoms with van der Waals surface area (Å²) < 4.78 is 12.7. The standard InChI is InChI=1S/C45H35N2OS.C18H24GeN.Ir/c1-27(2)34-24-32(29-12-6-5-7-13-29)25-35(28(3)4)44(34)47-40-16-10-9-15-39(40)46-45(47)38-26-48-41-20-18-30(22-36(38)41)31-19-21-43-37(23-31)33-14-8-11-17-42(33)49-43;1-14(2)11-16-12-18(15-9-7-6-8-10-15)20-13-17(16)19(3,4)5;/h5-25,27-28H,1-4H3;6-9,12-14H,11H2,1-5H3;/q2*-1;. The summed E-state index contributed by atoms with van der Waals surface area (Å²) in [5.41, 5.74) is 15.9. The molecule has 0 unspecified atom stereocenters. The van der Waals surface area contributed by atoms with Crippen molar-refractivity contribution in [3.8, 4) is 50.6 Å². The van der Waals surface area contributed by atoms with Crippen molar-refractivity contribution in [1.29, 1.82) is 0 Å². The van der Waals surface area contributed by atoms with Crippen molar-refractivity contribution in [2.45, 2.75) is 77.1 Å². The smallest absolute Gasteiger partial charge is 0.0774 e. The Morgan fingerprint density at radius 1 is 0.629 bits per heavy atom. The Morgan fingerprint density at radius 2 is 1.29 bits per heavy atom. The van der Waals surface area contributed by atoms with Gasteiger partial charge in [-0.25, -0.2) is 0 Å². The number of hydrogen-bond donors (Lipinski definition) is 0. The second-order valence-electron chi connectivity index (χ2n) is 20.4. The van der Waals surface area contributed by atoms with E-state index >= 15 is 0 Å². The van der Waals surface area contributed by atoms with Crippen molar-refractivity contribution in [2.24, 2.45) is 5.92 Å². The van der Waals surface area contributed by atoms with E-state index in [1.807, 2.05) is 29.5 Å². The average Bonchev–Trinajstić information content (AvgIpc) is 4.06. The zero-order valence-corrected chi connectivity index (χ0v) is 46.8. The number of thiophene rings is 1. The van der Waals surface area contributed by atoms with Gasteiger partial charge in [0.15, 0.2) is 0 Å². The van der Waals surface area contributed by atoms with E-state index in [-0.39, 0.29) is 31.9 Å². The maximum Gasteiger partial charge on any atom is 0.0774 e. The first-order chi connectivity index (χ1) is 33.3. The summed E-state index contributed by atoms with van der Waals surface area (Å²) in [6.45, 7) is 13.7. The number of rotatable bonds is 10. The molecule has 0 saturated carbocycles. The number of para-hydroxylation sites is 2. The van der Waals surface area contributed by atoms with E-state index in [1.165, 1.54) is 59.2 Å². The number of pyridine rings is 1. The Hall–Kier alpha value is -5.89. The van der Waals surface area contributed by atoms with E-state index in [1.54, 1.807) is 4.40 Å². The molecule has 0 fully saturated rings. The van der Waals surface area contributed by atoms with Crippen LogP contribution in [0.15, 0.2) is 168 Å². The van der Waals surface area contributed by atoms with Crippen LogP contribution in [0, 0.1) is 18.2 Å². The van der Waals surface area contributed by atoms with Gasteiger partial charge in [0.2, 0.25) is 0 Å². The quantitative estimate of drug-likeness (QED) is 0.101. The molecule has 4 aromatic heterocycles. The Kier molecular flexibility index (Phi) is 14.3. The van der Waals surface area contributed by atoms with Crippen molar-refractivity contribution < 1.29 is 24.5 Å². The van der Waals surface area contributed by atoms with Gasteiger partial charge < -0.3 is 8.98 Å². The van der Waals surface area contributed by atoms with Crippen LogP contribution in [0.1, 0.15) is 70.1 Å². The fourth-order valence-electron chi connectivity index (χ4n) is 9.74. The van der Waals surface area contributed by atoms with Gasteiger partial charge in [-0.1, -0.05) is 124 Å². The number of furan rings is 1. The van der Waals surface area contributed by atoms with Gasteiger partial charge in [-0.3, -0.25) is 4.98 Å². The normalized spacial score (nSPS) is 11.8. The van der Waals surface area contributed by atoms with E-state index in [9.17, 15) is 0 Å². The second kappa shape index (κ2) is 20.5.